The van der Waals surface area contributed by atoms with Crippen molar-refractivity contribution in [1.29, 1.82) is 0 Å². The average Bonchev–Trinajstić information content (AvgIpc) is 3.53. The number of thioether (sulfide) groups is 1. The predicted molar refractivity (Wildman–Crippen MR) is 140 cm³/mol. The minimum absolute atomic E-state index is 0.0251. The molecule has 1 N–H and O–H groups in total. The van der Waals surface area contributed by atoms with Crippen LogP contribution < -0.4 is 15.1 Å². The maximum Gasteiger partial charge on any atom is 0.308 e. The largest absolute Gasteiger partial charge is 0.378 e. The van der Waals surface area contributed by atoms with Crippen LogP contribution in [0.25, 0.3) is 0 Å². The molecule has 1 aliphatic heterocycles. The van der Waals surface area contributed by atoms with E-state index in [1.54, 1.807) is 4.57 Å². The van der Waals surface area contributed by atoms with Crippen molar-refractivity contribution in [3.8, 4) is 0 Å². The first-order chi connectivity index (χ1) is 16.5. The second-order valence-electron chi connectivity index (χ2n) is 9.99. The minimum Gasteiger partial charge on any atom is -0.378 e. The molecule has 3 aromatic rings. The summed E-state index contributed by atoms with van der Waals surface area (Å²) in [5, 5.41) is 4.49. The first kappa shape index (κ1) is 22.0. The van der Waals surface area contributed by atoms with E-state index in [1.807, 2.05) is 42.1 Å². The van der Waals surface area contributed by atoms with Crippen LogP contribution in [-0.2, 0) is 11.3 Å². The van der Waals surface area contributed by atoms with Crippen molar-refractivity contribution in [1.82, 2.24) is 4.57 Å². The molecule has 2 bridgehead atoms. The molecule has 0 spiro atoms. The second kappa shape index (κ2) is 8.61. The molecule has 6 rings (SSSR count). The molecule has 7 heteroatoms. The van der Waals surface area contributed by atoms with Crippen LogP contribution in [0.1, 0.15) is 35.6 Å². The Balaban J connectivity index is 1.37. The van der Waals surface area contributed by atoms with Crippen LogP contribution in [0, 0.1) is 17.8 Å². The first-order valence-electron chi connectivity index (χ1n) is 12.0. The van der Waals surface area contributed by atoms with Gasteiger partial charge in [0.1, 0.15) is 6.54 Å². The number of carbonyl (C=O) groups is 1. The third-order valence-electron chi connectivity index (χ3n) is 7.82. The van der Waals surface area contributed by atoms with E-state index in [0.717, 1.165) is 27.4 Å². The number of aromatic nitrogens is 1. The summed E-state index contributed by atoms with van der Waals surface area (Å²) in [6.45, 7) is 0.0599. The molecule has 3 aliphatic rings. The number of thiazole rings is 1. The average molecular weight is 492 g/mol. The molecular weight excluding hydrogens is 462 g/mol. The predicted octanol–water partition coefficient (Wildman–Crippen LogP) is 5.27. The number of nitrogens with one attached hydrogen (secondary N) is 1. The van der Waals surface area contributed by atoms with Gasteiger partial charge < -0.3 is 10.2 Å². The summed E-state index contributed by atoms with van der Waals surface area (Å²) in [5.41, 5.74) is 3.24. The lowest BCUT2D eigenvalue weighted by molar-refractivity contribution is -0.116. The summed E-state index contributed by atoms with van der Waals surface area (Å²) < 4.78 is 1.73. The Bertz CT molecular complexity index is 1270. The third-order valence-corrected chi connectivity index (χ3v) is 10.6. The van der Waals surface area contributed by atoms with Crippen molar-refractivity contribution in [2.45, 2.75) is 42.0 Å². The number of amides is 1. The summed E-state index contributed by atoms with van der Waals surface area (Å²) in [5.74, 6) is 2.12. The fraction of sp³-hybridized carbons (Fsp3) is 0.407. The zero-order valence-electron chi connectivity index (χ0n) is 19.4. The number of fused-ring (bicyclic) bond motifs is 6. The van der Waals surface area contributed by atoms with E-state index in [-0.39, 0.29) is 23.2 Å². The van der Waals surface area contributed by atoms with E-state index in [2.05, 4.69) is 48.6 Å². The molecule has 2 fully saturated rings. The summed E-state index contributed by atoms with van der Waals surface area (Å²) in [4.78, 5) is 29.3. The number of nitrogens with zero attached hydrogens (tertiary/aromatic N) is 2. The van der Waals surface area contributed by atoms with Crippen molar-refractivity contribution >= 4 is 40.4 Å². The molecule has 2 heterocycles. The Morgan fingerprint density at radius 3 is 2.53 bits per heavy atom. The molecule has 0 saturated heterocycles. The van der Waals surface area contributed by atoms with Crippen LogP contribution in [0.3, 0.4) is 0 Å². The number of carbonyl (C=O) groups excluding carboxylic acids is 1. The molecule has 1 aromatic heterocycles. The maximum atomic E-state index is 13.2. The Kier molecular flexibility index (Phi) is 5.57. The smallest absolute Gasteiger partial charge is 0.308 e. The van der Waals surface area contributed by atoms with E-state index < -0.39 is 0 Å². The van der Waals surface area contributed by atoms with Crippen molar-refractivity contribution in [3.63, 3.8) is 0 Å². The van der Waals surface area contributed by atoms with Crippen LogP contribution in [0.15, 0.2) is 64.4 Å². The van der Waals surface area contributed by atoms with E-state index in [4.69, 9.17) is 0 Å². The van der Waals surface area contributed by atoms with Crippen molar-refractivity contribution in [2.75, 3.05) is 24.3 Å². The highest BCUT2D eigenvalue weighted by atomic mass is 32.2. The molecular formula is C27H29N3O2S2. The molecule has 2 saturated carbocycles. The van der Waals surface area contributed by atoms with E-state index in [9.17, 15) is 9.59 Å². The van der Waals surface area contributed by atoms with Gasteiger partial charge in [-0.3, -0.25) is 14.2 Å². The van der Waals surface area contributed by atoms with E-state index >= 15 is 0 Å². The van der Waals surface area contributed by atoms with Gasteiger partial charge in [-0.05, 0) is 66.8 Å². The monoisotopic (exact) mass is 491 g/mol. The SMILES string of the molecule is CN(C)c1ccc([C@H]2c3sc(=O)n(CC(=O)Nc4ccccc4)c3SC3C4CCC(C4)C32)cc1. The highest BCUT2D eigenvalue weighted by Crippen LogP contribution is 2.64. The fourth-order valence-electron chi connectivity index (χ4n) is 6.31. The first-order valence-corrected chi connectivity index (χ1v) is 13.7. The maximum absolute atomic E-state index is 13.2. The van der Waals surface area contributed by atoms with Crippen molar-refractivity contribution < 1.29 is 4.79 Å². The zero-order chi connectivity index (χ0) is 23.4. The lowest BCUT2D eigenvalue weighted by atomic mass is 9.75. The number of benzene rings is 2. The van der Waals surface area contributed by atoms with Gasteiger partial charge in [0, 0.05) is 41.5 Å². The fourth-order valence-corrected chi connectivity index (χ4v) is 9.46. The van der Waals surface area contributed by atoms with Gasteiger partial charge in [-0.2, -0.15) is 0 Å². The second-order valence-corrected chi connectivity index (χ2v) is 12.2. The van der Waals surface area contributed by atoms with Gasteiger partial charge >= 0.3 is 4.87 Å². The molecule has 5 atom stereocenters. The lowest BCUT2D eigenvalue weighted by Gasteiger charge is -2.40. The zero-order valence-corrected chi connectivity index (χ0v) is 21.1. The van der Waals surface area contributed by atoms with Crippen LogP contribution in [0.5, 0.6) is 0 Å². The van der Waals surface area contributed by atoms with Gasteiger partial charge in [0.15, 0.2) is 0 Å². The summed E-state index contributed by atoms with van der Waals surface area (Å²) >= 11 is 3.23. The third kappa shape index (κ3) is 3.69. The Labute approximate surface area is 208 Å². The Morgan fingerprint density at radius 1 is 1.06 bits per heavy atom. The lowest BCUT2D eigenvalue weighted by Crippen LogP contribution is -2.34. The van der Waals surface area contributed by atoms with Crippen LogP contribution in [0.4, 0.5) is 11.4 Å². The molecule has 34 heavy (non-hydrogen) atoms. The van der Waals surface area contributed by atoms with Crippen LogP contribution in [-0.4, -0.2) is 29.8 Å². The van der Waals surface area contributed by atoms with Crippen molar-refractivity contribution in [2.24, 2.45) is 17.8 Å². The standard InChI is InChI=1S/C27H29N3O2S2/c1-29(2)20-12-10-16(11-13-20)22-23-17-8-9-18(14-17)24(23)33-26-25(22)34-27(32)30(26)15-21(31)28-19-6-4-3-5-7-19/h3-7,10-13,17-18,22-24H,8-9,14-15H2,1-2H3,(H,28,31)/t17?,18?,22-,23?,24?/m1/s1. The molecule has 176 valence electrons. The number of hydrogen-bond acceptors (Lipinski definition) is 5. The number of rotatable bonds is 5. The molecule has 4 unspecified atom stereocenters. The quantitative estimate of drug-likeness (QED) is 0.529. The Morgan fingerprint density at radius 2 is 1.79 bits per heavy atom. The van der Waals surface area contributed by atoms with Gasteiger partial charge in [0.2, 0.25) is 5.91 Å². The summed E-state index contributed by atoms with van der Waals surface area (Å²) in [6, 6.07) is 18.3. The number of hydrogen-bond donors (Lipinski definition) is 1. The molecule has 1 amide bonds. The van der Waals surface area contributed by atoms with Crippen LogP contribution in [0.2, 0.25) is 0 Å². The van der Waals surface area contributed by atoms with Gasteiger partial charge in [0.05, 0.1) is 5.03 Å². The van der Waals surface area contributed by atoms with Gasteiger partial charge in [-0.25, -0.2) is 0 Å². The highest BCUT2D eigenvalue weighted by Gasteiger charge is 2.55. The summed E-state index contributed by atoms with van der Waals surface area (Å²) in [7, 11) is 4.12. The molecule has 5 nitrogen and oxygen atoms in total. The van der Waals surface area contributed by atoms with E-state index in [0.29, 0.717) is 11.2 Å². The topological polar surface area (TPSA) is 54.3 Å². The molecule has 2 aromatic carbocycles. The normalized spacial score (nSPS) is 26.7. The number of para-hydroxylation sites is 1. The molecule has 2 aliphatic carbocycles. The Hall–Kier alpha value is -2.51. The molecule has 0 radical (unpaired) electrons. The van der Waals surface area contributed by atoms with Gasteiger partial charge in [-0.15, -0.1) is 11.8 Å². The number of anilines is 2. The minimum atomic E-state index is -0.156. The van der Waals surface area contributed by atoms with E-state index in [1.165, 1.54) is 41.9 Å². The van der Waals surface area contributed by atoms with Crippen molar-refractivity contribution in [3.05, 3.63) is 74.7 Å². The highest BCUT2D eigenvalue weighted by molar-refractivity contribution is 8.00. The van der Waals surface area contributed by atoms with Gasteiger partial charge in [0.25, 0.3) is 0 Å². The van der Waals surface area contributed by atoms with Crippen LogP contribution >= 0.6 is 23.1 Å². The summed E-state index contributed by atoms with van der Waals surface area (Å²) in [6.07, 6.45) is 3.91. The van der Waals surface area contributed by atoms with Gasteiger partial charge in [-0.1, -0.05) is 41.7 Å².